The fourth-order valence-electron chi connectivity index (χ4n) is 2.85. The maximum absolute atomic E-state index is 11.9. The second-order valence-corrected chi connectivity index (χ2v) is 9.18. The number of nitrogens with two attached hydrogens (primary N) is 1. The van der Waals surface area contributed by atoms with E-state index in [2.05, 4.69) is 15.5 Å². The van der Waals surface area contributed by atoms with Crippen molar-refractivity contribution in [2.45, 2.75) is 16.7 Å². The largest absolute Gasteiger partial charge is 0.399 e. The number of nitrogens with one attached hydrogen (secondary N) is 1. The molecule has 33 heavy (non-hydrogen) atoms. The Bertz CT molecular complexity index is 1460. The third-order valence-electron chi connectivity index (χ3n) is 4.06. The minimum absolute atomic E-state index is 0. The Morgan fingerprint density at radius 1 is 0.879 bits per heavy atom. The number of fused-ring (bicyclic) bond motifs is 1. The van der Waals surface area contributed by atoms with Crippen molar-refractivity contribution in [1.82, 2.24) is 0 Å². The van der Waals surface area contributed by atoms with Crippen LogP contribution in [0.1, 0.15) is 6.92 Å². The van der Waals surface area contributed by atoms with Crippen LogP contribution in [-0.2, 0) is 25.0 Å². The summed E-state index contributed by atoms with van der Waals surface area (Å²) < 4.78 is 66.2. The molecule has 0 atom stereocenters. The molecule has 0 spiro atoms. The maximum atomic E-state index is 11.9. The molecule has 0 bridgehead atoms. The summed E-state index contributed by atoms with van der Waals surface area (Å²) in [6.07, 6.45) is 0. The van der Waals surface area contributed by atoms with Gasteiger partial charge in [-0.2, -0.15) is 21.9 Å². The van der Waals surface area contributed by atoms with Crippen molar-refractivity contribution in [2.75, 3.05) is 11.1 Å². The Kier molecular flexibility index (Phi) is 10.2. The fraction of sp³-hybridized carbons (Fsp3) is 0.0556. The van der Waals surface area contributed by atoms with Crippen LogP contribution in [0.15, 0.2) is 68.6 Å². The Morgan fingerprint density at radius 3 is 2.09 bits per heavy atom. The third-order valence-corrected chi connectivity index (χ3v) is 5.87. The number of nitrogen functional groups attached to an aromatic ring is 1. The second-order valence-electron chi connectivity index (χ2n) is 6.40. The van der Waals surface area contributed by atoms with Gasteiger partial charge in [0.05, 0.1) is 11.4 Å². The van der Waals surface area contributed by atoms with Gasteiger partial charge in [0.2, 0.25) is 5.91 Å². The predicted octanol–water partition coefficient (Wildman–Crippen LogP) is 2.53. The topological polar surface area (TPSA) is 189 Å². The van der Waals surface area contributed by atoms with E-state index in [1.165, 1.54) is 43.3 Å². The first kappa shape index (κ1) is 29.6. The molecule has 1 amide bonds. The third kappa shape index (κ3) is 7.29. The molecule has 2 radical (unpaired) electrons. The van der Waals surface area contributed by atoms with Gasteiger partial charge in [0.15, 0.2) is 0 Å². The molecule has 0 unspecified atom stereocenters. The molecule has 0 saturated carbocycles. The van der Waals surface area contributed by atoms with Crippen LogP contribution in [0.4, 0.5) is 22.7 Å². The van der Waals surface area contributed by atoms with Crippen molar-refractivity contribution in [3.05, 3.63) is 48.5 Å². The summed E-state index contributed by atoms with van der Waals surface area (Å²) in [5.41, 5.74) is 6.33. The van der Waals surface area contributed by atoms with Crippen LogP contribution in [0.3, 0.4) is 0 Å². The van der Waals surface area contributed by atoms with E-state index < -0.39 is 30.0 Å². The van der Waals surface area contributed by atoms with Gasteiger partial charge in [-0.3, -0.25) is 13.9 Å². The van der Waals surface area contributed by atoms with Crippen molar-refractivity contribution in [1.29, 1.82) is 0 Å². The van der Waals surface area contributed by atoms with Gasteiger partial charge in [0.1, 0.15) is 15.5 Å². The predicted molar refractivity (Wildman–Crippen MR) is 124 cm³/mol. The molecule has 5 N–H and O–H groups in total. The van der Waals surface area contributed by atoms with E-state index in [1.807, 2.05) is 0 Å². The minimum Gasteiger partial charge on any atom is -0.399 e. The zero-order valence-corrected chi connectivity index (χ0v) is 23.5. The molecule has 0 aromatic heterocycles. The molecule has 164 valence electrons. The summed E-state index contributed by atoms with van der Waals surface area (Å²) in [6, 6.07) is 10.1. The number of carbonyl (C=O) groups is 1. The minimum atomic E-state index is -4.78. The van der Waals surface area contributed by atoms with Crippen LogP contribution < -0.4 is 11.1 Å². The number of carbonyl (C=O) groups excluding carboxylic acids is 1. The number of rotatable bonds is 5. The quantitative estimate of drug-likeness (QED) is 0.174. The Morgan fingerprint density at radius 2 is 1.52 bits per heavy atom. The average molecular weight is 510 g/mol. The Balaban J connectivity index is 0.00000272. The van der Waals surface area contributed by atoms with E-state index in [0.29, 0.717) is 5.69 Å². The maximum Gasteiger partial charge on any atom is 0.295 e. The number of anilines is 2. The van der Waals surface area contributed by atoms with Gasteiger partial charge in [-0.1, -0.05) is 12.1 Å². The van der Waals surface area contributed by atoms with Crippen LogP contribution >= 0.6 is 0 Å². The van der Waals surface area contributed by atoms with Gasteiger partial charge in [0, 0.05) is 82.5 Å². The molecule has 0 aliphatic rings. The van der Waals surface area contributed by atoms with Gasteiger partial charge in [-0.15, -0.1) is 5.11 Å². The summed E-state index contributed by atoms with van der Waals surface area (Å²) in [5.74, 6) is -0.390. The molecular weight excluding hydrogens is 494 g/mol. The van der Waals surface area contributed by atoms with Crippen LogP contribution in [0.2, 0.25) is 0 Å². The van der Waals surface area contributed by atoms with E-state index in [9.17, 15) is 30.7 Å². The van der Waals surface area contributed by atoms with E-state index in [-0.39, 0.29) is 92.9 Å². The number of hydrogen-bond donors (Lipinski definition) is 4. The van der Waals surface area contributed by atoms with Crippen LogP contribution in [0.25, 0.3) is 10.8 Å². The second kappa shape index (κ2) is 11.4. The molecule has 3 aromatic carbocycles. The zero-order valence-electron chi connectivity index (χ0n) is 17.8. The van der Waals surface area contributed by atoms with E-state index >= 15 is 0 Å². The van der Waals surface area contributed by atoms with Gasteiger partial charge in [-0.25, -0.2) is 0 Å². The van der Waals surface area contributed by atoms with Gasteiger partial charge >= 0.3 is 0 Å². The van der Waals surface area contributed by atoms with Crippen molar-refractivity contribution >= 4 is 119 Å². The fourth-order valence-corrected chi connectivity index (χ4v) is 4.27. The van der Waals surface area contributed by atoms with E-state index in [0.717, 1.165) is 12.1 Å². The zero-order chi connectivity index (χ0) is 23.0. The molecule has 0 heterocycles. The summed E-state index contributed by atoms with van der Waals surface area (Å²) in [7, 11) is -9.49. The average Bonchev–Trinajstić information content (AvgIpc) is 2.64. The molecule has 0 fully saturated rings. The molecule has 11 nitrogen and oxygen atoms in total. The first-order valence-electron chi connectivity index (χ1n) is 8.47. The van der Waals surface area contributed by atoms with Crippen molar-refractivity contribution in [3.63, 3.8) is 0 Å². The first-order chi connectivity index (χ1) is 14.4. The summed E-state index contributed by atoms with van der Waals surface area (Å²) in [5, 5.41) is 10.1. The number of amides is 1. The number of hydrogen-bond acceptors (Lipinski definition) is 8. The standard InChI is InChI=1S/C18H16N4O7S2.2Na/c1-10(23)20-16-7-11(19)5-6-15(16)22-21-12-8-14-13(18(9-12)31(27,28)29)3-2-4-17(14)30(24,25)26;;/h2-9H,19H2,1H3,(H,20,23)(H,24,25,26)(H,27,28,29);;. The van der Waals surface area contributed by atoms with Crippen molar-refractivity contribution in [3.8, 4) is 0 Å². The van der Waals surface area contributed by atoms with E-state index in [1.54, 1.807) is 0 Å². The molecule has 0 aliphatic heterocycles. The number of azo groups is 1. The summed E-state index contributed by atoms with van der Waals surface area (Å²) in [6.45, 7) is 1.28. The van der Waals surface area contributed by atoms with Crippen LogP contribution in [-0.4, -0.2) is 91.0 Å². The van der Waals surface area contributed by atoms with Crippen LogP contribution in [0.5, 0.6) is 0 Å². The Labute approximate surface area is 233 Å². The monoisotopic (exact) mass is 510 g/mol. The Hall–Kier alpha value is -1.39. The van der Waals surface area contributed by atoms with Crippen molar-refractivity contribution < 1.29 is 30.7 Å². The normalized spacial score (nSPS) is 11.6. The number of benzene rings is 3. The molecule has 0 aliphatic carbocycles. The van der Waals surface area contributed by atoms with Gasteiger partial charge < -0.3 is 11.1 Å². The van der Waals surface area contributed by atoms with Crippen molar-refractivity contribution in [2.24, 2.45) is 10.2 Å². The first-order valence-corrected chi connectivity index (χ1v) is 11.3. The molecule has 15 heteroatoms. The SMILES string of the molecule is CC(=O)Nc1cc(N)ccc1N=Nc1cc(S(=O)(=O)O)c2cccc(S(=O)(=O)O)c2c1.[Na].[Na]. The van der Waals surface area contributed by atoms with Gasteiger partial charge in [-0.05, 0) is 36.4 Å². The summed E-state index contributed by atoms with van der Waals surface area (Å²) in [4.78, 5) is 10.2. The van der Waals surface area contributed by atoms with E-state index in [4.69, 9.17) is 5.73 Å². The molecular formula is C18H16N4Na2O7S2. The summed E-state index contributed by atoms with van der Waals surface area (Å²) >= 11 is 0. The molecule has 3 aromatic rings. The smallest absolute Gasteiger partial charge is 0.295 e. The molecule has 0 saturated heterocycles. The number of nitrogens with zero attached hydrogens (tertiary/aromatic N) is 2. The van der Waals surface area contributed by atoms with Gasteiger partial charge in [0.25, 0.3) is 20.2 Å². The molecule has 3 rings (SSSR count). The van der Waals surface area contributed by atoms with Crippen LogP contribution in [0, 0.1) is 0 Å².